The second kappa shape index (κ2) is 7.08. The van der Waals surface area contributed by atoms with Crippen molar-refractivity contribution in [3.8, 4) is 5.75 Å². The van der Waals surface area contributed by atoms with Crippen molar-refractivity contribution in [1.82, 2.24) is 0 Å². The van der Waals surface area contributed by atoms with Gasteiger partial charge in [-0.1, -0.05) is 13.8 Å². The van der Waals surface area contributed by atoms with Crippen LogP contribution in [0.3, 0.4) is 0 Å². The molecule has 0 bridgehead atoms. The van der Waals surface area contributed by atoms with Crippen molar-refractivity contribution in [2.45, 2.75) is 45.8 Å². The average molecular weight is 355 g/mol. The lowest BCUT2D eigenvalue weighted by Gasteiger charge is -2.43. The smallest absolute Gasteiger partial charge is 0.344 e. The average Bonchev–Trinajstić information content (AvgIpc) is 2.55. The van der Waals surface area contributed by atoms with Crippen molar-refractivity contribution in [1.29, 1.82) is 0 Å². The molecule has 1 unspecified atom stereocenters. The van der Waals surface area contributed by atoms with E-state index in [-0.39, 0.29) is 23.6 Å². The van der Waals surface area contributed by atoms with Crippen molar-refractivity contribution >= 4 is 17.6 Å². The van der Waals surface area contributed by atoms with E-state index in [2.05, 4.69) is 0 Å². The fraction of sp³-hybridized carbons (Fsp3) is 0.412. The maximum absolute atomic E-state index is 14.2. The number of hydrogen-bond acceptors (Lipinski definition) is 4. The number of carbonyl (C=O) groups is 2. The van der Waals surface area contributed by atoms with Gasteiger partial charge in [-0.3, -0.25) is 0 Å². The van der Waals surface area contributed by atoms with Crippen molar-refractivity contribution < 1.29 is 33.3 Å². The Morgan fingerprint density at radius 1 is 1.20 bits per heavy atom. The zero-order valence-corrected chi connectivity index (χ0v) is 14.0. The summed E-state index contributed by atoms with van der Waals surface area (Å²) in [7, 11) is 0. The highest BCUT2D eigenvalue weighted by Crippen LogP contribution is 2.43. The molecule has 0 aliphatic carbocycles. The zero-order valence-electron chi connectivity index (χ0n) is 14.0. The molecule has 8 heteroatoms. The monoisotopic (exact) mass is 355 g/mol. The van der Waals surface area contributed by atoms with E-state index in [0.29, 0.717) is 6.42 Å². The number of benzene rings is 1. The number of carboxylic acid groups (broad SMARTS) is 2. The van der Waals surface area contributed by atoms with Crippen LogP contribution < -0.4 is 9.64 Å². The molecular formula is C17H19F2NO5. The molecule has 0 aromatic heterocycles. The number of anilines is 1. The van der Waals surface area contributed by atoms with E-state index in [0.717, 1.165) is 6.07 Å². The summed E-state index contributed by atoms with van der Waals surface area (Å²) in [4.78, 5) is 24.3. The van der Waals surface area contributed by atoms with Crippen LogP contribution in [0.2, 0.25) is 0 Å². The lowest BCUT2D eigenvalue weighted by atomic mass is 10.00. The Labute approximate surface area is 143 Å². The molecule has 136 valence electrons. The van der Waals surface area contributed by atoms with Crippen LogP contribution in [0.4, 0.5) is 14.5 Å². The summed E-state index contributed by atoms with van der Waals surface area (Å²) in [5, 5.41) is 18.6. The van der Waals surface area contributed by atoms with Crippen molar-refractivity contribution in [3.05, 3.63) is 35.0 Å². The summed E-state index contributed by atoms with van der Waals surface area (Å²) < 4.78 is 33.3. The summed E-state index contributed by atoms with van der Waals surface area (Å²) in [6.07, 6.45) is -0.0404. The molecule has 2 N–H and O–H groups in total. The van der Waals surface area contributed by atoms with Crippen LogP contribution in [0.5, 0.6) is 5.75 Å². The van der Waals surface area contributed by atoms with Gasteiger partial charge in [0.2, 0.25) is 5.82 Å². The number of hydrogen-bond donors (Lipinski definition) is 2. The van der Waals surface area contributed by atoms with Gasteiger partial charge in [-0.25, -0.2) is 14.0 Å². The minimum absolute atomic E-state index is 0.00140. The Balaban J connectivity index is 2.78. The van der Waals surface area contributed by atoms with E-state index in [1.807, 2.05) is 0 Å². The fourth-order valence-electron chi connectivity index (χ4n) is 3.08. The van der Waals surface area contributed by atoms with E-state index < -0.39 is 41.3 Å². The minimum atomic E-state index is -1.60. The highest BCUT2D eigenvalue weighted by Gasteiger charge is 2.38. The Morgan fingerprint density at radius 3 is 2.28 bits per heavy atom. The molecule has 0 amide bonds. The molecule has 1 aromatic carbocycles. The Morgan fingerprint density at radius 2 is 1.80 bits per heavy atom. The summed E-state index contributed by atoms with van der Waals surface area (Å²) in [6, 6.07) is 1.69. The molecule has 25 heavy (non-hydrogen) atoms. The van der Waals surface area contributed by atoms with Gasteiger partial charge in [0.15, 0.2) is 17.1 Å². The number of carboxylic acids is 2. The van der Waals surface area contributed by atoms with Gasteiger partial charge in [-0.05, 0) is 31.9 Å². The van der Waals surface area contributed by atoms with E-state index >= 15 is 0 Å². The zero-order chi connectivity index (χ0) is 18.9. The summed E-state index contributed by atoms with van der Waals surface area (Å²) >= 11 is 0. The molecule has 2 rings (SSSR count). The van der Waals surface area contributed by atoms with Crippen molar-refractivity contribution in [3.63, 3.8) is 0 Å². The molecule has 2 atom stereocenters. The van der Waals surface area contributed by atoms with Crippen LogP contribution in [0.1, 0.15) is 33.6 Å². The van der Waals surface area contributed by atoms with Crippen molar-refractivity contribution in [2.75, 3.05) is 4.90 Å². The highest BCUT2D eigenvalue weighted by atomic mass is 19.2. The number of allylic oxidation sites excluding steroid dienone is 1. The number of nitrogens with zero attached hydrogens (tertiary/aromatic N) is 1. The predicted molar refractivity (Wildman–Crippen MR) is 85.6 cm³/mol. The maximum Gasteiger partial charge on any atom is 0.344 e. The van der Waals surface area contributed by atoms with Gasteiger partial charge in [-0.2, -0.15) is 4.39 Å². The Hall–Kier alpha value is -2.64. The lowest BCUT2D eigenvalue weighted by molar-refractivity contribution is -0.140. The van der Waals surface area contributed by atoms with Crippen LogP contribution in [-0.4, -0.2) is 34.3 Å². The van der Waals surface area contributed by atoms with E-state index in [1.165, 1.54) is 11.0 Å². The predicted octanol–water partition coefficient (Wildman–Crippen LogP) is 3.16. The largest absolute Gasteiger partial charge is 0.483 e. The molecule has 0 fully saturated rings. The first kappa shape index (κ1) is 18.7. The third-order valence-corrected chi connectivity index (χ3v) is 4.25. The second-order valence-corrected chi connectivity index (χ2v) is 5.67. The second-order valence-electron chi connectivity index (χ2n) is 5.67. The fourth-order valence-corrected chi connectivity index (χ4v) is 3.08. The van der Waals surface area contributed by atoms with Gasteiger partial charge >= 0.3 is 11.9 Å². The molecule has 1 aliphatic rings. The van der Waals surface area contributed by atoms with Gasteiger partial charge in [0.25, 0.3) is 0 Å². The van der Waals surface area contributed by atoms with Crippen LogP contribution in [0.15, 0.2) is 23.4 Å². The van der Waals surface area contributed by atoms with Gasteiger partial charge in [0.05, 0.1) is 11.7 Å². The number of aliphatic carboxylic acids is 2. The highest BCUT2D eigenvalue weighted by molar-refractivity contribution is 6.13. The summed E-state index contributed by atoms with van der Waals surface area (Å²) in [6.45, 7) is 5.10. The third kappa shape index (κ3) is 3.16. The Bertz CT molecular complexity index is 731. The topological polar surface area (TPSA) is 87.1 Å². The minimum Gasteiger partial charge on any atom is -0.483 e. The molecule has 1 aromatic rings. The van der Waals surface area contributed by atoms with E-state index in [1.54, 1.807) is 20.8 Å². The van der Waals surface area contributed by atoms with Gasteiger partial charge < -0.3 is 19.8 Å². The molecular weight excluding hydrogens is 336 g/mol. The van der Waals surface area contributed by atoms with Crippen LogP contribution in [0, 0.1) is 11.6 Å². The molecule has 6 nitrogen and oxygen atoms in total. The molecule has 0 saturated heterocycles. The molecule has 0 radical (unpaired) electrons. The normalized spacial score (nSPS) is 19.0. The first-order valence-electron chi connectivity index (χ1n) is 7.88. The number of fused-ring (bicyclic) bond motifs is 1. The lowest BCUT2D eigenvalue weighted by Crippen LogP contribution is -2.48. The van der Waals surface area contributed by atoms with Crippen molar-refractivity contribution in [2.24, 2.45) is 0 Å². The standard InChI is InChI=1S/C17H19F2NO5/c1-4-10(13(16(21)22)17(23)24)20-8(3)12(5-2)25-15-11(20)7-6-9(18)14(15)19/h6-8,12H,4-5H2,1-3H3,(H,21,22)(H,23,24)/t8?,12-/m0/s1. The maximum atomic E-state index is 14.2. The quantitative estimate of drug-likeness (QED) is 0.479. The molecule has 1 heterocycles. The Kier molecular flexibility index (Phi) is 5.30. The van der Waals surface area contributed by atoms with Gasteiger partial charge in [0, 0.05) is 5.70 Å². The number of rotatable bonds is 5. The van der Waals surface area contributed by atoms with E-state index in [4.69, 9.17) is 4.74 Å². The van der Waals surface area contributed by atoms with Crippen LogP contribution in [-0.2, 0) is 9.59 Å². The summed E-state index contributed by atoms with van der Waals surface area (Å²) in [5.41, 5.74) is -0.698. The number of ether oxygens (including phenoxy) is 1. The van der Waals surface area contributed by atoms with E-state index in [9.17, 15) is 28.6 Å². The van der Waals surface area contributed by atoms with Gasteiger partial charge in [-0.15, -0.1) is 0 Å². The molecule has 0 saturated carbocycles. The first-order chi connectivity index (χ1) is 11.7. The van der Waals surface area contributed by atoms with Crippen LogP contribution in [0.25, 0.3) is 0 Å². The number of halogens is 2. The molecule has 1 aliphatic heterocycles. The SMILES string of the molecule is CCC(=C(C(=O)O)C(=O)O)N1c2ccc(F)c(F)c2O[C@@H](CC)C1C. The molecule has 0 spiro atoms. The van der Waals surface area contributed by atoms with Crippen LogP contribution >= 0.6 is 0 Å². The third-order valence-electron chi connectivity index (χ3n) is 4.25. The van der Waals surface area contributed by atoms with Gasteiger partial charge in [0.1, 0.15) is 6.10 Å². The summed E-state index contributed by atoms with van der Waals surface area (Å²) in [5.74, 6) is -5.82. The first-order valence-corrected chi connectivity index (χ1v) is 7.88.